The van der Waals surface area contributed by atoms with Crippen LogP contribution in [0.2, 0.25) is 0 Å². The third kappa shape index (κ3) is 5.26. The summed E-state index contributed by atoms with van der Waals surface area (Å²) in [5, 5.41) is 12.4. The van der Waals surface area contributed by atoms with Crippen LogP contribution in [0, 0.1) is 13.8 Å². The van der Waals surface area contributed by atoms with Crippen molar-refractivity contribution in [2.45, 2.75) is 65.5 Å². The Labute approximate surface area is 185 Å². The molecule has 1 aromatic carbocycles. The average Bonchev–Trinajstić information content (AvgIpc) is 2.99. The number of rotatable bonds is 5. The van der Waals surface area contributed by atoms with Gasteiger partial charge in [-0.25, -0.2) is 0 Å². The molecule has 0 radical (unpaired) electrons. The summed E-state index contributed by atoms with van der Waals surface area (Å²) in [7, 11) is 0. The van der Waals surface area contributed by atoms with E-state index in [0.717, 1.165) is 56.6 Å². The van der Waals surface area contributed by atoms with Crippen molar-refractivity contribution in [2.75, 3.05) is 32.8 Å². The van der Waals surface area contributed by atoms with Gasteiger partial charge in [-0.3, -0.25) is 4.99 Å². The zero-order valence-corrected chi connectivity index (χ0v) is 19.2. The van der Waals surface area contributed by atoms with E-state index >= 15 is 0 Å². The summed E-state index contributed by atoms with van der Waals surface area (Å²) in [6.07, 6.45) is 5.67. The third-order valence-corrected chi connectivity index (χ3v) is 6.26. The highest BCUT2D eigenvalue weighted by Crippen LogP contribution is 2.26. The lowest BCUT2D eigenvalue weighted by Crippen LogP contribution is -2.48. The summed E-state index contributed by atoms with van der Waals surface area (Å²) < 4.78 is 8.45. The van der Waals surface area contributed by atoms with E-state index in [2.05, 4.69) is 64.0 Å². The Hall–Kier alpha value is -2.41. The Morgan fingerprint density at radius 2 is 2.10 bits per heavy atom. The molecule has 7 nitrogen and oxygen atoms in total. The summed E-state index contributed by atoms with van der Waals surface area (Å²) in [5.41, 5.74) is 3.86. The lowest BCUT2D eigenvalue weighted by atomic mass is 10.00. The number of fused-ring (bicyclic) bond motifs is 1. The number of benzene rings is 1. The fraction of sp³-hybridized carbons (Fsp3) is 0.625. The van der Waals surface area contributed by atoms with E-state index in [1.165, 1.54) is 36.0 Å². The number of guanidine groups is 1. The smallest absolute Gasteiger partial charge is 0.194 e. The Balaban J connectivity index is 1.43. The van der Waals surface area contributed by atoms with Crippen molar-refractivity contribution in [1.29, 1.82) is 0 Å². The van der Waals surface area contributed by atoms with E-state index in [4.69, 9.17) is 9.73 Å². The van der Waals surface area contributed by atoms with Crippen LogP contribution >= 0.6 is 0 Å². The minimum absolute atomic E-state index is 0.0745. The predicted molar refractivity (Wildman–Crippen MR) is 123 cm³/mol. The molecule has 4 rings (SSSR count). The molecule has 1 aromatic heterocycles. The van der Waals surface area contributed by atoms with E-state index in [9.17, 15) is 0 Å². The molecule has 168 valence electrons. The highest BCUT2D eigenvalue weighted by molar-refractivity contribution is 5.80. The first-order valence-corrected chi connectivity index (χ1v) is 11.8. The SMILES string of the molecule is CCNC(=NCCc1nnc2n1CCCCC2)N1CCOC(c2ccc(C)cc2C)C1. The van der Waals surface area contributed by atoms with Crippen molar-refractivity contribution in [3.8, 4) is 0 Å². The van der Waals surface area contributed by atoms with Gasteiger partial charge in [-0.05, 0) is 44.7 Å². The van der Waals surface area contributed by atoms with Crippen LogP contribution in [-0.4, -0.2) is 58.4 Å². The zero-order valence-electron chi connectivity index (χ0n) is 19.2. The second-order valence-corrected chi connectivity index (χ2v) is 8.65. The van der Waals surface area contributed by atoms with Crippen molar-refractivity contribution >= 4 is 5.96 Å². The minimum Gasteiger partial charge on any atom is -0.370 e. The Morgan fingerprint density at radius 1 is 1.19 bits per heavy atom. The Kier molecular flexibility index (Phi) is 7.22. The van der Waals surface area contributed by atoms with Gasteiger partial charge in [0.1, 0.15) is 17.8 Å². The lowest BCUT2D eigenvalue weighted by molar-refractivity contribution is -0.00833. The van der Waals surface area contributed by atoms with Crippen molar-refractivity contribution in [2.24, 2.45) is 4.99 Å². The first-order valence-electron chi connectivity index (χ1n) is 11.8. The van der Waals surface area contributed by atoms with Crippen molar-refractivity contribution in [3.63, 3.8) is 0 Å². The Bertz CT molecular complexity index is 905. The molecule has 3 heterocycles. The molecule has 0 bridgehead atoms. The van der Waals surface area contributed by atoms with Gasteiger partial charge < -0.3 is 19.5 Å². The quantitative estimate of drug-likeness (QED) is 0.590. The molecule has 1 atom stereocenters. The van der Waals surface area contributed by atoms with Crippen molar-refractivity contribution in [1.82, 2.24) is 25.0 Å². The number of aliphatic imine (C=N–C) groups is 1. The third-order valence-electron chi connectivity index (χ3n) is 6.26. The maximum absolute atomic E-state index is 6.13. The standard InChI is InChI=1S/C24H36N6O/c1-4-25-24(26-12-11-23-28-27-22-8-6-5-7-13-30(22)23)29-14-15-31-21(17-29)20-10-9-18(2)16-19(20)3/h9-10,16,21H,4-8,11-15,17H2,1-3H3,(H,25,26). The topological polar surface area (TPSA) is 67.6 Å². The first-order chi connectivity index (χ1) is 15.2. The highest BCUT2D eigenvalue weighted by Gasteiger charge is 2.25. The molecule has 1 N–H and O–H groups in total. The Morgan fingerprint density at radius 3 is 2.94 bits per heavy atom. The number of aryl methyl sites for hydroxylation is 3. The van der Waals surface area contributed by atoms with Crippen molar-refractivity contribution < 1.29 is 4.74 Å². The van der Waals surface area contributed by atoms with Gasteiger partial charge in [-0.15, -0.1) is 10.2 Å². The molecular weight excluding hydrogens is 388 g/mol. The largest absolute Gasteiger partial charge is 0.370 e. The highest BCUT2D eigenvalue weighted by atomic mass is 16.5. The van der Waals surface area contributed by atoms with Crippen LogP contribution < -0.4 is 5.32 Å². The number of hydrogen-bond donors (Lipinski definition) is 1. The van der Waals surface area contributed by atoms with Crippen LogP contribution in [0.5, 0.6) is 0 Å². The maximum atomic E-state index is 6.13. The molecule has 0 saturated carbocycles. The van der Waals surface area contributed by atoms with Crippen LogP contribution in [0.4, 0.5) is 0 Å². The van der Waals surface area contributed by atoms with Crippen LogP contribution in [0.3, 0.4) is 0 Å². The van der Waals surface area contributed by atoms with E-state index in [0.29, 0.717) is 13.2 Å². The maximum Gasteiger partial charge on any atom is 0.194 e. The summed E-state index contributed by atoms with van der Waals surface area (Å²) >= 11 is 0. The molecule has 1 fully saturated rings. The van der Waals surface area contributed by atoms with E-state index in [1.807, 2.05) is 0 Å². The predicted octanol–water partition coefficient (Wildman–Crippen LogP) is 3.20. The van der Waals surface area contributed by atoms with Crippen LogP contribution in [0.1, 0.15) is 60.6 Å². The average molecular weight is 425 g/mol. The number of nitrogens with zero attached hydrogens (tertiary/aromatic N) is 5. The number of aromatic nitrogens is 3. The fourth-order valence-corrected chi connectivity index (χ4v) is 4.63. The van der Waals surface area contributed by atoms with E-state index in [1.54, 1.807) is 0 Å². The second kappa shape index (κ2) is 10.3. The second-order valence-electron chi connectivity index (χ2n) is 8.65. The van der Waals surface area contributed by atoms with E-state index < -0.39 is 0 Å². The van der Waals surface area contributed by atoms with Gasteiger partial charge in [-0.2, -0.15) is 0 Å². The monoisotopic (exact) mass is 424 g/mol. The van der Waals surface area contributed by atoms with Gasteiger partial charge in [0.15, 0.2) is 5.96 Å². The molecule has 1 unspecified atom stereocenters. The lowest BCUT2D eigenvalue weighted by Gasteiger charge is -2.36. The van der Waals surface area contributed by atoms with Gasteiger partial charge >= 0.3 is 0 Å². The van der Waals surface area contributed by atoms with Crippen molar-refractivity contribution in [3.05, 3.63) is 46.5 Å². The molecule has 1 saturated heterocycles. The summed E-state index contributed by atoms with van der Waals surface area (Å²) in [6.45, 7) is 11.4. The summed E-state index contributed by atoms with van der Waals surface area (Å²) in [6, 6.07) is 6.61. The number of hydrogen-bond acceptors (Lipinski definition) is 4. The zero-order chi connectivity index (χ0) is 21.6. The van der Waals surface area contributed by atoms with Gasteiger partial charge in [0.05, 0.1) is 13.2 Å². The van der Waals surface area contributed by atoms with E-state index in [-0.39, 0.29) is 6.10 Å². The van der Waals surface area contributed by atoms with Gasteiger partial charge in [-0.1, -0.05) is 30.2 Å². The van der Waals surface area contributed by atoms with Crippen LogP contribution in [0.25, 0.3) is 0 Å². The molecule has 2 aromatic rings. The number of morpholine rings is 1. The van der Waals surface area contributed by atoms with Gasteiger partial charge in [0, 0.05) is 39.0 Å². The molecular formula is C24H36N6O. The van der Waals surface area contributed by atoms with Gasteiger partial charge in [0.25, 0.3) is 0 Å². The molecule has 2 aliphatic heterocycles. The van der Waals surface area contributed by atoms with Crippen LogP contribution in [0.15, 0.2) is 23.2 Å². The summed E-state index contributed by atoms with van der Waals surface area (Å²) in [5.74, 6) is 3.19. The molecule has 31 heavy (non-hydrogen) atoms. The van der Waals surface area contributed by atoms with Gasteiger partial charge in [0.2, 0.25) is 0 Å². The summed E-state index contributed by atoms with van der Waals surface area (Å²) in [4.78, 5) is 7.28. The molecule has 0 spiro atoms. The number of ether oxygens (including phenoxy) is 1. The first kappa shape index (κ1) is 21.8. The fourth-order valence-electron chi connectivity index (χ4n) is 4.63. The molecule has 2 aliphatic rings. The number of nitrogens with one attached hydrogen (secondary N) is 1. The van der Waals surface area contributed by atoms with Crippen LogP contribution in [-0.2, 0) is 24.1 Å². The molecule has 0 amide bonds. The minimum atomic E-state index is 0.0745. The molecule has 0 aliphatic carbocycles. The molecule has 7 heteroatoms. The normalized spacial score (nSPS) is 19.8.